The van der Waals surface area contributed by atoms with E-state index in [0.29, 0.717) is 256 Å². The van der Waals surface area contributed by atoms with Crippen LogP contribution in [-0.4, -0.2) is 132 Å². The molecule has 0 aromatic heterocycles. The van der Waals surface area contributed by atoms with Crippen molar-refractivity contribution in [1.82, 2.24) is 0 Å². The molecule has 0 spiro atoms. The van der Waals surface area contributed by atoms with E-state index in [0.717, 1.165) is 244 Å². The predicted octanol–water partition coefficient (Wildman–Crippen LogP) is 26.0. The van der Waals surface area contributed by atoms with Crippen LogP contribution in [0.4, 0.5) is 0 Å². The van der Waals surface area contributed by atoms with Crippen molar-refractivity contribution in [2.45, 2.75) is 510 Å². The molecule has 0 aromatic rings. The number of Topliss-reactive ketones (excluding diaryl/α,β-unsaturated/α-hetero) is 6. The predicted molar refractivity (Wildman–Crippen MR) is 561 cm³/mol. The van der Waals surface area contributed by atoms with Crippen LogP contribution in [0.2, 0.25) is 0 Å². The Morgan fingerprint density at radius 2 is 0.450 bits per heavy atom. The molecule has 0 radical (unpaired) electrons. The molecule has 149 heavy (non-hydrogen) atoms. The molecule has 24 fully saturated rings. The topological polar surface area (TPSA) is 271 Å². The van der Waals surface area contributed by atoms with Gasteiger partial charge in [-0.2, -0.15) is 0 Å². The summed E-state index contributed by atoms with van der Waals surface area (Å²) in [7, 11) is 0. The molecular weight excluding hydrogens is 1870 g/mol. The van der Waals surface area contributed by atoms with Gasteiger partial charge in [-0.15, -0.1) is 0 Å². The Kier molecular flexibility index (Phi) is 27.5. The van der Waals surface area contributed by atoms with E-state index in [1.807, 2.05) is 0 Å². The highest BCUT2D eigenvalue weighted by Crippen LogP contribution is 2.75. The molecule has 0 saturated heterocycles. The molecule has 0 aliphatic heterocycles. The molecule has 24 saturated carbocycles. The van der Waals surface area contributed by atoms with Crippen LogP contribution < -0.4 is 0 Å². The molecule has 43 atom stereocenters. The van der Waals surface area contributed by atoms with Crippen LogP contribution >= 0.6 is 0 Å². The maximum Gasteiger partial charge on any atom is 0.339 e. The average molecular weight is 2060 g/mol. The first kappa shape index (κ1) is 106. The number of ketones is 6. The third-order valence-corrected chi connectivity index (χ3v) is 55.3. The van der Waals surface area contributed by atoms with Gasteiger partial charge in [-0.05, 0) is 489 Å². The van der Waals surface area contributed by atoms with Crippen LogP contribution in [0.25, 0.3) is 0 Å². The Bertz CT molecular complexity index is 5090. The summed E-state index contributed by atoms with van der Waals surface area (Å²) in [6.45, 7) is 27.9. The Morgan fingerprint density at radius 3 is 0.705 bits per heavy atom. The van der Waals surface area contributed by atoms with E-state index >= 15 is 24.0 Å². The van der Waals surface area contributed by atoms with Gasteiger partial charge < -0.3 is 33.2 Å². The summed E-state index contributed by atoms with van der Waals surface area (Å²) in [6.07, 6.45) is 43.0. The standard InChI is InChI=1S/C129H190O20/c1-116-50-38-81(66-75(116)14-20-87-93-26-32-105(130)122(93,7)56-44-99(87)116)144-111(136)72-128(114(139)147-84-41-53-119(4)78(69-84)17-23-90-96-29-35-108(133)125(96,10)59-47-102(90)119,62-65-143-149-86-43-55-121(6)80(71-86)19-25-92-98-31-37-110(135)127(98,12)61-49-104(92)121)141-63-13-64-142-129(115(140)148-85-42-54-120(5)79(70-85)18-24-91-97-30-36-109(134)126(97,11)60-48-103(91)120,73-112(137)145-82-39-51-117(2)76(67-82)15-21-88-94-27-33-106(131)123(94,8)57-45-100(88)117)74-113(138)146-83-40-52-118(3)77(68-83)16-22-89-95-28-34-107(132)124(95,9)58-46-101(89)118/h75-104H,13-74H2,1-12H3. The molecule has 0 bridgehead atoms. The number of hydrogen-bond donors (Lipinski definition) is 0. The minimum absolute atomic E-state index is 0.00475. The van der Waals surface area contributed by atoms with Gasteiger partial charge in [0, 0.05) is 77.4 Å². The molecule has 43 unspecified atom stereocenters. The molecule has 20 nitrogen and oxygen atoms in total. The summed E-state index contributed by atoms with van der Waals surface area (Å²) in [5.74, 6) is 9.34. The summed E-state index contributed by atoms with van der Waals surface area (Å²) in [6, 6.07) is 0. The zero-order valence-corrected chi connectivity index (χ0v) is 93.8. The number of rotatable bonds is 24. The normalized spacial score (nSPS) is 50.9. The second kappa shape index (κ2) is 38.8. The molecule has 24 rings (SSSR count). The van der Waals surface area contributed by atoms with Gasteiger partial charge in [0.15, 0.2) is 11.2 Å². The number of fused-ring (bicyclic) bond motifs is 30. The zero-order valence-electron chi connectivity index (χ0n) is 93.8. The highest BCUT2D eigenvalue weighted by molar-refractivity contribution is 5.93. The van der Waals surface area contributed by atoms with Gasteiger partial charge in [0.2, 0.25) is 0 Å². The number of carbonyl (C=O) groups is 11. The van der Waals surface area contributed by atoms with Crippen molar-refractivity contribution in [3.63, 3.8) is 0 Å². The SMILES string of the molecule is CC12CCC3C(CCC4CC(OOCCC(CC(=O)OC5CCC6(C)C(CCC7C8CCC(=O)C8(C)CCC76)C5)(OCCCOC(CC(=O)OC5CCC6(C)C(CCC7C8CCC(=O)C8(C)CCC76)C5)(CC(=O)OC5CCC6(C)C(CCC7C8CCC(=O)C8(C)CCC76)C5)C(=O)OC5CCC6(C)C(CCC7C8CCC(=O)C8(C)CCC76)C5)C(=O)OC5CCC6(C)C(CCC7C8CCC(=O)C8(C)CCC76)C5)CCC43C)C1CCC2=O. The van der Waals surface area contributed by atoms with Crippen LogP contribution in [0.5, 0.6) is 0 Å². The Balaban J connectivity index is 0.532. The number of esters is 5. The van der Waals surface area contributed by atoms with Crippen LogP contribution in [0.15, 0.2) is 0 Å². The van der Waals surface area contributed by atoms with E-state index in [1.54, 1.807) is 0 Å². The van der Waals surface area contributed by atoms with Crippen molar-refractivity contribution < 1.29 is 95.7 Å². The quantitative estimate of drug-likeness (QED) is 0.0285. The highest BCUT2D eigenvalue weighted by atomic mass is 17.2. The fraction of sp³-hybridized carbons (Fsp3) is 0.915. The number of hydrogen-bond acceptors (Lipinski definition) is 20. The van der Waals surface area contributed by atoms with Gasteiger partial charge in [0.1, 0.15) is 65.2 Å². The summed E-state index contributed by atoms with van der Waals surface area (Å²) >= 11 is 0. The van der Waals surface area contributed by atoms with Crippen molar-refractivity contribution in [2.75, 3.05) is 19.8 Å². The molecule has 0 amide bonds. The summed E-state index contributed by atoms with van der Waals surface area (Å²) in [5, 5.41) is 0. The fourth-order valence-corrected chi connectivity index (χ4v) is 46.2. The lowest BCUT2D eigenvalue weighted by molar-refractivity contribution is -0.340. The van der Waals surface area contributed by atoms with Gasteiger partial charge in [-0.3, -0.25) is 43.2 Å². The fourth-order valence-electron chi connectivity index (χ4n) is 46.2. The Labute approximate surface area is 891 Å². The van der Waals surface area contributed by atoms with Gasteiger partial charge in [0.25, 0.3) is 0 Å². The van der Waals surface area contributed by atoms with E-state index in [4.69, 9.17) is 42.9 Å². The number of ether oxygens (including phenoxy) is 7. The highest BCUT2D eigenvalue weighted by Gasteiger charge is 2.70. The second-order valence-corrected chi connectivity index (χ2v) is 60.3. The average Bonchev–Trinajstić information content (AvgIpc) is 1.72. The molecule has 826 valence electrons. The smallest absolute Gasteiger partial charge is 0.339 e. The van der Waals surface area contributed by atoms with Crippen LogP contribution in [0.3, 0.4) is 0 Å². The molecular formula is C129H190O20. The van der Waals surface area contributed by atoms with Crippen molar-refractivity contribution in [2.24, 2.45) is 207 Å². The van der Waals surface area contributed by atoms with Gasteiger partial charge in [-0.1, -0.05) is 83.1 Å². The van der Waals surface area contributed by atoms with E-state index in [9.17, 15) is 28.8 Å². The second-order valence-electron chi connectivity index (χ2n) is 60.3. The van der Waals surface area contributed by atoms with E-state index in [-0.39, 0.29) is 127 Å². The third kappa shape index (κ3) is 17.1. The van der Waals surface area contributed by atoms with Gasteiger partial charge in [0.05, 0.1) is 45.2 Å². The first-order valence-corrected chi connectivity index (χ1v) is 62.8. The molecule has 24 aliphatic carbocycles. The zero-order chi connectivity index (χ0) is 104. The van der Waals surface area contributed by atoms with Gasteiger partial charge in [-0.25, -0.2) is 19.4 Å². The molecule has 24 aliphatic rings. The summed E-state index contributed by atoms with van der Waals surface area (Å²) in [4.78, 5) is 177. The molecule has 0 N–H and O–H groups in total. The van der Waals surface area contributed by atoms with Crippen LogP contribution in [0.1, 0.15) is 462 Å². The van der Waals surface area contributed by atoms with Crippen molar-refractivity contribution >= 4 is 64.5 Å². The minimum Gasteiger partial charge on any atom is -0.462 e. The van der Waals surface area contributed by atoms with Crippen molar-refractivity contribution in [1.29, 1.82) is 0 Å². The molecule has 20 heteroatoms. The van der Waals surface area contributed by atoms with E-state index in [1.165, 1.54) is 0 Å². The van der Waals surface area contributed by atoms with Crippen LogP contribution in [-0.2, 0) is 95.7 Å². The van der Waals surface area contributed by atoms with Crippen LogP contribution in [0, 0.1) is 207 Å². The lowest BCUT2D eigenvalue weighted by Crippen LogP contribution is -2.55. The van der Waals surface area contributed by atoms with Gasteiger partial charge >= 0.3 is 29.8 Å². The Hall–Kier alpha value is -4.79. The summed E-state index contributed by atoms with van der Waals surface area (Å²) < 4.78 is 49.8. The lowest BCUT2D eigenvalue weighted by Gasteiger charge is -2.60. The molecule has 0 heterocycles. The van der Waals surface area contributed by atoms with Crippen molar-refractivity contribution in [3.8, 4) is 0 Å². The first-order valence-electron chi connectivity index (χ1n) is 62.8. The van der Waals surface area contributed by atoms with E-state index in [2.05, 4.69) is 83.1 Å². The summed E-state index contributed by atoms with van der Waals surface area (Å²) in [5.41, 5.74) is -5.65. The maximum atomic E-state index is 16.9. The molecule has 0 aromatic carbocycles. The maximum absolute atomic E-state index is 16.9. The third-order valence-electron chi connectivity index (χ3n) is 55.3. The first-order chi connectivity index (χ1) is 71.0. The Morgan fingerprint density at radius 1 is 0.235 bits per heavy atom. The van der Waals surface area contributed by atoms with Crippen molar-refractivity contribution in [3.05, 3.63) is 0 Å². The minimum atomic E-state index is -2.27. The largest absolute Gasteiger partial charge is 0.462 e. The number of carbonyl (C=O) groups excluding carboxylic acids is 11. The lowest BCUT2D eigenvalue weighted by atomic mass is 9.45. The monoisotopic (exact) mass is 2060 g/mol. The van der Waals surface area contributed by atoms with E-state index < -0.39 is 90.8 Å².